The predicted molar refractivity (Wildman–Crippen MR) is 181 cm³/mol. The van der Waals surface area contributed by atoms with Crippen LogP contribution >= 0.6 is 0 Å². The number of benzene rings is 6. The van der Waals surface area contributed by atoms with Crippen molar-refractivity contribution in [1.82, 2.24) is 0 Å². The van der Waals surface area contributed by atoms with Gasteiger partial charge in [-0.25, -0.2) is 0 Å². The van der Waals surface area contributed by atoms with Crippen LogP contribution in [-0.2, 0) is 0 Å². The largest absolute Gasteiger partial charge is 0.457 e. The molecule has 0 aromatic heterocycles. The molecule has 6 aromatic carbocycles. The first-order valence-corrected chi connectivity index (χ1v) is 14.7. The molecule has 0 bridgehead atoms. The molecular formula is C41H32O4. The first-order chi connectivity index (χ1) is 21.9. The van der Waals surface area contributed by atoms with E-state index in [2.05, 4.69) is 13.5 Å². The highest BCUT2D eigenvalue weighted by Crippen LogP contribution is 2.30. The molecule has 0 saturated heterocycles. The van der Waals surface area contributed by atoms with Gasteiger partial charge in [-0.1, -0.05) is 66.2 Å². The van der Waals surface area contributed by atoms with Crippen LogP contribution in [0.25, 0.3) is 16.7 Å². The van der Waals surface area contributed by atoms with Crippen molar-refractivity contribution in [1.29, 1.82) is 0 Å². The quantitative estimate of drug-likeness (QED) is 0.149. The number of carbonyl (C=O) groups excluding carboxylic acids is 1. The van der Waals surface area contributed by atoms with Gasteiger partial charge in [-0.3, -0.25) is 4.79 Å². The summed E-state index contributed by atoms with van der Waals surface area (Å²) in [6.07, 6.45) is 0. The van der Waals surface area contributed by atoms with Gasteiger partial charge in [0.25, 0.3) is 0 Å². The van der Waals surface area contributed by atoms with Gasteiger partial charge in [-0.15, -0.1) is 0 Å². The minimum Gasteiger partial charge on any atom is -0.457 e. The zero-order chi connectivity index (χ0) is 31.2. The molecule has 0 spiro atoms. The van der Waals surface area contributed by atoms with E-state index in [-0.39, 0.29) is 5.78 Å². The second-order valence-electron chi connectivity index (χ2n) is 10.9. The van der Waals surface area contributed by atoms with Gasteiger partial charge in [-0.05, 0) is 128 Å². The molecule has 4 heteroatoms. The predicted octanol–water partition coefficient (Wildman–Crippen LogP) is 11.3. The zero-order valence-corrected chi connectivity index (χ0v) is 25.2. The summed E-state index contributed by atoms with van der Waals surface area (Å²) in [6, 6.07) is 46.0. The van der Waals surface area contributed by atoms with Gasteiger partial charge in [0.05, 0.1) is 0 Å². The summed E-state index contributed by atoms with van der Waals surface area (Å²) in [5.74, 6) is 4.28. The SMILES string of the molecule is C=C(C)c1ccc(Oc2ccc(C(=O)c3ccc(Oc4ccc(-c5ccc(Oc6ccc(C)cc6)cc5)cc4)cc3)cc2)cc1. The number of ketones is 1. The molecule has 45 heavy (non-hydrogen) atoms. The average molecular weight is 589 g/mol. The summed E-state index contributed by atoms with van der Waals surface area (Å²) in [5, 5.41) is 0. The fourth-order valence-corrected chi connectivity index (χ4v) is 4.77. The smallest absolute Gasteiger partial charge is 0.193 e. The molecule has 0 N–H and O–H groups in total. The third kappa shape index (κ3) is 7.38. The maximum Gasteiger partial charge on any atom is 0.193 e. The van der Waals surface area contributed by atoms with Crippen molar-refractivity contribution < 1.29 is 19.0 Å². The Morgan fingerprint density at radius 1 is 0.422 bits per heavy atom. The molecule has 220 valence electrons. The van der Waals surface area contributed by atoms with Crippen LogP contribution in [0.15, 0.2) is 152 Å². The normalized spacial score (nSPS) is 10.6. The summed E-state index contributed by atoms with van der Waals surface area (Å²) < 4.78 is 17.9. The standard InChI is InChI=1S/C41H32O4/c1-28(2)30-6-18-36(19-7-30)44-39-24-12-33(13-25-39)41(42)34-14-26-40(27-15-34)45-38-22-10-32(11-23-38)31-8-20-37(21-9-31)43-35-16-4-29(3)5-17-35/h4-27H,1H2,2-3H3. The third-order valence-electron chi connectivity index (χ3n) is 7.35. The van der Waals surface area contributed by atoms with Crippen molar-refractivity contribution in [3.05, 3.63) is 174 Å². The van der Waals surface area contributed by atoms with Gasteiger partial charge in [-0.2, -0.15) is 0 Å². The lowest BCUT2D eigenvalue weighted by molar-refractivity contribution is 0.103. The lowest BCUT2D eigenvalue weighted by Crippen LogP contribution is -2.01. The molecule has 0 saturated carbocycles. The van der Waals surface area contributed by atoms with E-state index < -0.39 is 0 Å². The maximum atomic E-state index is 13.1. The highest BCUT2D eigenvalue weighted by molar-refractivity contribution is 6.09. The van der Waals surface area contributed by atoms with Gasteiger partial charge in [0, 0.05) is 11.1 Å². The first-order valence-electron chi connectivity index (χ1n) is 14.7. The third-order valence-corrected chi connectivity index (χ3v) is 7.35. The average Bonchev–Trinajstić information content (AvgIpc) is 3.07. The number of ether oxygens (including phenoxy) is 3. The van der Waals surface area contributed by atoms with E-state index in [1.54, 1.807) is 48.5 Å². The Bertz CT molecular complexity index is 1900. The number of hydrogen-bond acceptors (Lipinski definition) is 4. The number of carbonyl (C=O) groups is 1. The number of allylic oxidation sites excluding steroid dienone is 1. The van der Waals surface area contributed by atoms with E-state index >= 15 is 0 Å². The van der Waals surface area contributed by atoms with Crippen LogP contribution in [0.3, 0.4) is 0 Å². The van der Waals surface area contributed by atoms with Crippen molar-refractivity contribution in [2.45, 2.75) is 13.8 Å². The van der Waals surface area contributed by atoms with Gasteiger partial charge in [0.1, 0.15) is 34.5 Å². The highest BCUT2D eigenvalue weighted by Gasteiger charge is 2.10. The van der Waals surface area contributed by atoms with Crippen LogP contribution < -0.4 is 14.2 Å². The molecule has 6 aromatic rings. The van der Waals surface area contributed by atoms with E-state index in [0.29, 0.717) is 28.4 Å². The van der Waals surface area contributed by atoms with Crippen molar-refractivity contribution in [2.24, 2.45) is 0 Å². The summed E-state index contributed by atoms with van der Waals surface area (Å²) in [6.45, 7) is 7.98. The van der Waals surface area contributed by atoms with Crippen molar-refractivity contribution in [3.8, 4) is 45.6 Å². The Morgan fingerprint density at radius 3 is 1.00 bits per heavy atom. The summed E-state index contributed by atoms with van der Waals surface area (Å²) in [4.78, 5) is 13.1. The van der Waals surface area contributed by atoms with E-state index in [9.17, 15) is 4.79 Å². The number of rotatable bonds is 10. The monoisotopic (exact) mass is 588 g/mol. The maximum absolute atomic E-state index is 13.1. The van der Waals surface area contributed by atoms with Crippen LogP contribution in [0, 0.1) is 6.92 Å². The molecule has 6 rings (SSSR count). The van der Waals surface area contributed by atoms with Crippen molar-refractivity contribution >= 4 is 11.4 Å². The second-order valence-corrected chi connectivity index (χ2v) is 10.9. The van der Waals surface area contributed by atoms with E-state index in [4.69, 9.17) is 14.2 Å². The van der Waals surface area contributed by atoms with Crippen LogP contribution in [0.5, 0.6) is 34.5 Å². The Hall–Kier alpha value is -5.87. The first kappa shape index (κ1) is 29.2. The summed E-state index contributed by atoms with van der Waals surface area (Å²) in [5.41, 5.74) is 6.58. The molecule has 0 aliphatic carbocycles. The molecule has 0 amide bonds. The van der Waals surface area contributed by atoms with Gasteiger partial charge in [0.2, 0.25) is 0 Å². The fraction of sp³-hybridized carbons (Fsp3) is 0.0488. The van der Waals surface area contributed by atoms with Crippen LogP contribution in [-0.4, -0.2) is 5.78 Å². The molecule has 0 atom stereocenters. The summed E-state index contributed by atoms with van der Waals surface area (Å²) in [7, 11) is 0. The fourth-order valence-electron chi connectivity index (χ4n) is 4.77. The Labute approximate surface area is 263 Å². The lowest BCUT2D eigenvalue weighted by Gasteiger charge is -2.10. The van der Waals surface area contributed by atoms with Gasteiger partial charge >= 0.3 is 0 Å². The molecule has 4 nitrogen and oxygen atoms in total. The molecular weight excluding hydrogens is 556 g/mol. The van der Waals surface area contributed by atoms with Crippen LogP contribution in [0.4, 0.5) is 0 Å². The Kier molecular flexibility index (Phi) is 8.56. The Balaban J connectivity index is 1.04. The lowest BCUT2D eigenvalue weighted by atomic mass is 10.0. The van der Waals surface area contributed by atoms with E-state index in [1.165, 1.54) is 5.56 Å². The molecule has 0 heterocycles. The van der Waals surface area contributed by atoms with E-state index in [0.717, 1.165) is 39.5 Å². The number of aryl methyl sites for hydroxylation is 1. The van der Waals surface area contributed by atoms with Crippen molar-refractivity contribution in [2.75, 3.05) is 0 Å². The molecule has 0 aliphatic heterocycles. The topological polar surface area (TPSA) is 44.8 Å². The molecule has 0 fully saturated rings. The minimum absolute atomic E-state index is 0.0708. The van der Waals surface area contributed by atoms with Crippen LogP contribution in [0.2, 0.25) is 0 Å². The molecule has 0 radical (unpaired) electrons. The minimum atomic E-state index is -0.0708. The van der Waals surface area contributed by atoms with E-state index in [1.807, 2.05) is 104 Å². The second kappa shape index (κ2) is 13.2. The van der Waals surface area contributed by atoms with Gasteiger partial charge < -0.3 is 14.2 Å². The summed E-state index contributed by atoms with van der Waals surface area (Å²) >= 11 is 0. The number of hydrogen-bond donors (Lipinski definition) is 0. The zero-order valence-electron chi connectivity index (χ0n) is 25.2. The molecule has 0 unspecified atom stereocenters. The molecule has 0 aliphatic rings. The highest BCUT2D eigenvalue weighted by atomic mass is 16.5. The van der Waals surface area contributed by atoms with Crippen molar-refractivity contribution in [3.63, 3.8) is 0 Å². The Morgan fingerprint density at radius 2 is 0.689 bits per heavy atom. The van der Waals surface area contributed by atoms with Crippen LogP contribution in [0.1, 0.15) is 34.0 Å². The van der Waals surface area contributed by atoms with Gasteiger partial charge in [0.15, 0.2) is 5.78 Å².